The van der Waals surface area contributed by atoms with Gasteiger partial charge in [-0.2, -0.15) is 0 Å². The summed E-state index contributed by atoms with van der Waals surface area (Å²) in [6.45, 7) is 3.49. The zero-order valence-electron chi connectivity index (χ0n) is 11.5. The molecule has 0 fully saturated rings. The number of Topliss-reactive ketones (excluding diaryl/α,β-unsaturated/α-hetero) is 1. The molecule has 0 unspecified atom stereocenters. The highest BCUT2D eigenvalue weighted by molar-refractivity contribution is 7.14. The van der Waals surface area contributed by atoms with Crippen molar-refractivity contribution in [2.45, 2.75) is 26.7 Å². The first kappa shape index (κ1) is 14.4. The first-order valence-corrected chi connectivity index (χ1v) is 7.25. The van der Waals surface area contributed by atoms with Crippen LogP contribution in [0.3, 0.4) is 0 Å². The first-order valence-electron chi connectivity index (χ1n) is 6.37. The smallest absolute Gasteiger partial charge is 0.226 e. The Morgan fingerprint density at radius 2 is 2.05 bits per heavy atom. The monoisotopic (exact) mass is 288 g/mol. The molecule has 1 aromatic heterocycles. The summed E-state index contributed by atoms with van der Waals surface area (Å²) >= 11 is 1.27. The average Bonchev–Trinajstić information content (AvgIpc) is 2.86. The van der Waals surface area contributed by atoms with Crippen LogP contribution in [0.25, 0.3) is 0 Å². The topological polar surface area (TPSA) is 59.1 Å². The van der Waals surface area contributed by atoms with Crippen LogP contribution in [-0.4, -0.2) is 16.7 Å². The number of hydrogen-bond donors (Lipinski definition) is 1. The number of ketones is 1. The van der Waals surface area contributed by atoms with E-state index in [-0.39, 0.29) is 11.7 Å². The van der Waals surface area contributed by atoms with E-state index in [9.17, 15) is 9.59 Å². The number of nitrogens with one attached hydrogen (secondary N) is 1. The fraction of sp³-hybridized carbons (Fsp3) is 0.267. The van der Waals surface area contributed by atoms with Crippen LogP contribution in [0.4, 0.5) is 5.13 Å². The maximum absolute atomic E-state index is 11.8. The van der Waals surface area contributed by atoms with Crippen molar-refractivity contribution in [2.24, 2.45) is 0 Å². The minimum Gasteiger partial charge on any atom is -0.302 e. The Kier molecular flexibility index (Phi) is 4.63. The number of anilines is 1. The van der Waals surface area contributed by atoms with E-state index in [0.29, 0.717) is 23.7 Å². The van der Waals surface area contributed by atoms with Crippen LogP contribution in [0.15, 0.2) is 29.6 Å². The molecule has 1 heterocycles. The molecule has 0 aliphatic rings. The zero-order chi connectivity index (χ0) is 14.5. The summed E-state index contributed by atoms with van der Waals surface area (Å²) < 4.78 is 0. The third kappa shape index (κ3) is 3.74. The second kappa shape index (κ2) is 6.43. The number of aromatic nitrogens is 1. The summed E-state index contributed by atoms with van der Waals surface area (Å²) in [6.07, 6.45) is 1.10. The summed E-state index contributed by atoms with van der Waals surface area (Å²) in [6, 6.07) is 8.02. The van der Waals surface area contributed by atoms with Crippen molar-refractivity contribution in [1.29, 1.82) is 0 Å². The molecule has 0 saturated carbocycles. The molecule has 0 saturated heterocycles. The Balaban J connectivity index is 1.89. The average molecular weight is 288 g/mol. The van der Waals surface area contributed by atoms with Gasteiger partial charge in [0, 0.05) is 18.7 Å². The number of thiazole rings is 1. The second-order valence-corrected chi connectivity index (χ2v) is 5.43. The Morgan fingerprint density at radius 1 is 1.30 bits per heavy atom. The van der Waals surface area contributed by atoms with Gasteiger partial charge in [0.1, 0.15) is 5.69 Å². The molecule has 0 aliphatic heterocycles. The van der Waals surface area contributed by atoms with Crippen LogP contribution >= 0.6 is 11.3 Å². The fourth-order valence-corrected chi connectivity index (χ4v) is 2.58. The van der Waals surface area contributed by atoms with Gasteiger partial charge >= 0.3 is 0 Å². The molecular weight excluding hydrogens is 272 g/mol. The molecule has 20 heavy (non-hydrogen) atoms. The van der Waals surface area contributed by atoms with Gasteiger partial charge in [-0.05, 0) is 24.5 Å². The Labute approximate surface area is 121 Å². The third-order valence-electron chi connectivity index (χ3n) is 2.99. The number of amides is 1. The predicted octanol–water partition coefficient (Wildman–Crippen LogP) is 3.23. The van der Waals surface area contributed by atoms with Crippen LogP contribution in [0.5, 0.6) is 0 Å². The molecule has 104 valence electrons. The highest BCUT2D eigenvalue weighted by Crippen LogP contribution is 2.16. The van der Waals surface area contributed by atoms with Crippen LogP contribution in [0.2, 0.25) is 0 Å². The van der Waals surface area contributed by atoms with Gasteiger partial charge in [-0.25, -0.2) is 4.98 Å². The Bertz CT molecular complexity index is 634. The van der Waals surface area contributed by atoms with E-state index in [0.717, 1.165) is 0 Å². The number of rotatable bonds is 5. The molecular formula is C15H16N2O2S. The van der Waals surface area contributed by atoms with Crippen LogP contribution in [0.1, 0.15) is 35.0 Å². The normalized spacial score (nSPS) is 10.3. The number of aryl methyl sites for hydroxylation is 2. The minimum atomic E-state index is -0.0957. The molecule has 1 N–H and O–H groups in total. The van der Waals surface area contributed by atoms with E-state index in [2.05, 4.69) is 10.3 Å². The van der Waals surface area contributed by atoms with Crippen molar-refractivity contribution < 1.29 is 9.59 Å². The van der Waals surface area contributed by atoms with E-state index in [1.165, 1.54) is 29.4 Å². The molecule has 0 aliphatic carbocycles. The van der Waals surface area contributed by atoms with E-state index in [1.54, 1.807) is 5.38 Å². The molecule has 2 aromatic rings. The summed E-state index contributed by atoms with van der Waals surface area (Å²) in [5, 5.41) is 4.85. The largest absolute Gasteiger partial charge is 0.302 e. The summed E-state index contributed by atoms with van der Waals surface area (Å²) in [4.78, 5) is 27.0. The van der Waals surface area contributed by atoms with Gasteiger partial charge in [0.15, 0.2) is 10.9 Å². The molecule has 1 aromatic carbocycles. The van der Waals surface area contributed by atoms with Crippen LogP contribution in [-0.2, 0) is 11.2 Å². The summed E-state index contributed by atoms with van der Waals surface area (Å²) in [5.41, 5.74) is 2.75. The van der Waals surface area contributed by atoms with Crippen molar-refractivity contribution in [3.8, 4) is 0 Å². The molecule has 0 spiro atoms. The van der Waals surface area contributed by atoms with Crippen molar-refractivity contribution in [2.75, 3.05) is 5.32 Å². The number of carbonyl (C=O) groups is 2. The molecule has 5 heteroatoms. The third-order valence-corrected chi connectivity index (χ3v) is 3.75. The van der Waals surface area contributed by atoms with Gasteiger partial charge in [0.25, 0.3) is 0 Å². The lowest BCUT2D eigenvalue weighted by Crippen LogP contribution is -2.12. The minimum absolute atomic E-state index is 0.0855. The molecule has 2 rings (SSSR count). The zero-order valence-corrected chi connectivity index (χ0v) is 12.3. The van der Waals surface area contributed by atoms with E-state index >= 15 is 0 Å². The Morgan fingerprint density at radius 3 is 2.70 bits per heavy atom. The first-order chi connectivity index (χ1) is 9.56. The molecule has 0 radical (unpaired) electrons. The maximum atomic E-state index is 11.8. The standard InChI is InChI=1S/C15H16N2O2S/c1-10-5-3-4-6-12(10)7-8-14(19)17-15-16-13(9-20-15)11(2)18/h3-6,9H,7-8H2,1-2H3,(H,16,17,19). The Hall–Kier alpha value is -2.01. The fourth-order valence-electron chi connectivity index (χ4n) is 1.81. The lowest BCUT2D eigenvalue weighted by atomic mass is 10.0. The molecule has 4 nitrogen and oxygen atoms in total. The van der Waals surface area contributed by atoms with E-state index < -0.39 is 0 Å². The second-order valence-electron chi connectivity index (χ2n) is 4.57. The van der Waals surface area contributed by atoms with E-state index in [1.807, 2.05) is 31.2 Å². The number of nitrogens with zero attached hydrogens (tertiary/aromatic N) is 1. The van der Waals surface area contributed by atoms with Crippen molar-refractivity contribution >= 4 is 28.2 Å². The molecule has 0 bridgehead atoms. The van der Waals surface area contributed by atoms with Crippen LogP contribution in [0, 0.1) is 6.92 Å². The lowest BCUT2D eigenvalue weighted by molar-refractivity contribution is -0.116. The van der Waals surface area contributed by atoms with Crippen LogP contribution < -0.4 is 5.32 Å². The van der Waals surface area contributed by atoms with E-state index in [4.69, 9.17) is 0 Å². The van der Waals surface area contributed by atoms with Gasteiger partial charge in [-0.1, -0.05) is 24.3 Å². The number of carbonyl (C=O) groups excluding carboxylic acids is 2. The number of hydrogen-bond acceptors (Lipinski definition) is 4. The predicted molar refractivity (Wildman–Crippen MR) is 80.2 cm³/mol. The lowest BCUT2D eigenvalue weighted by Gasteiger charge is -2.05. The SMILES string of the molecule is CC(=O)c1csc(NC(=O)CCc2ccccc2C)n1. The van der Waals surface area contributed by atoms with Gasteiger partial charge in [-0.3, -0.25) is 9.59 Å². The highest BCUT2D eigenvalue weighted by atomic mass is 32.1. The van der Waals surface area contributed by atoms with Gasteiger partial charge in [0.05, 0.1) is 0 Å². The maximum Gasteiger partial charge on any atom is 0.226 e. The number of benzene rings is 1. The molecule has 0 atom stereocenters. The van der Waals surface area contributed by atoms with Gasteiger partial charge in [0.2, 0.25) is 5.91 Å². The quantitative estimate of drug-likeness (QED) is 0.859. The van der Waals surface area contributed by atoms with Crippen molar-refractivity contribution in [3.63, 3.8) is 0 Å². The molecule has 1 amide bonds. The highest BCUT2D eigenvalue weighted by Gasteiger charge is 2.09. The summed E-state index contributed by atoms with van der Waals surface area (Å²) in [5.74, 6) is -0.181. The van der Waals surface area contributed by atoms with Gasteiger partial charge in [-0.15, -0.1) is 11.3 Å². The van der Waals surface area contributed by atoms with Gasteiger partial charge < -0.3 is 5.32 Å². The van der Waals surface area contributed by atoms with Crippen molar-refractivity contribution in [3.05, 3.63) is 46.5 Å². The summed E-state index contributed by atoms with van der Waals surface area (Å²) in [7, 11) is 0. The van der Waals surface area contributed by atoms with Crippen molar-refractivity contribution in [1.82, 2.24) is 4.98 Å².